The number of carboxylic acid groups (broad SMARTS) is 1. The Bertz CT molecular complexity index is 1090. The normalized spacial score (nSPS) is 13.0. The molecule has 2 aromatic carbocycles. The van der Waals surface area contributed by atoms with E-state index >= 15 is 0 Å². The molecule has 3 rings (SSSR count). The summed E-state index contributed by atoms with van der Waals surface area (Å²) < 4.78 is 0. The van der Waals surface area contributed by atoms with Gasteiger partial charge in [-0.2, -0.15) is 0 Å². The van der Waals surface area contributed by atoms with Crippen LogP contribution in [0.15, 0.2) is 48.7 Å². The van der Waals surface area contributed by atoms with Crippen molar-refractivity contribution in [2.24, 2.45) is 0 Å². The number of hydrogen-bond acceptors (Lipinski definition) is 6. The van der Waals surface area contributed by atoms with Gasteiger partial charge in [0.15, 0.2) is 0 Å². The Morgan fingerprint density at radius 2 is 1.89 bits per heavy atom. The Balaban J connectivity index is 2.00. The molecular formula is C18H16N4O6. The summed E-state index contributed by atoms with van der Waals surface area (Å²) in [6.07, 6.45) is 1.72. The van der Waals surface area contributed by atoms with E-state index in [1.165, 1.54) is 6.92 Å². The van der Waals surface area contributed by atoms with Crippen molar-refractivity contribution >= 4 is 33.9 Å². The van der Waals surface area contributed by atoms with Gasteiger partial charge in [-0.3, -0.25) is 20.2 Å². The first-order valence-corrected chi connectivity index (χ1v) is 8.21. The highest BCUT2D eigenvalue weighted by molar-refractivity contribution is 5.87. The number of rotatable bonds is 7. The summed E-state index contributed by atoms with van der Waals surface area (Å²) in [4.78, 5) is 35.7. The lowest BCUT2D eigenvalue weighted by Crippen LogP contribution is -2.45. The number of para-hydroxylation sites is 1. The second kappa shape index (κ2) is 6.99. The Labute approximate surface area is 158 Å². The van der Waals surface area contributed by atoms with E-state index in [1.807, 2.05) is 24.3 Å². The fraction of sp³-hybridized carbons (Fsp3) is 0.167. The van der Waals surface area contributed by atoms with Gasteiger partial charge in [0.25, 0.3) is 11.4 Å². The summed E-state index contributed by atoms with van der Waals surface area (Å²) in [5.74, 6) is -1.22. The lowest BCUT2D eigenvalue weighted by atomic mass is 9.92. The van der Waals surface area contributed by atoms with Crippen molar-refractivity contribution in [3.05, 3.63) is 74.5 Å². The summed E-state index contributed by atoms with van der Waals surface area (Å²) in [7, 11) is 0. The van der Waals surface area contributed by atoms with Gasteiger partial charge < -0.3 is 15.4 Å². The predicted octanol–water partition coefficient (Wildman–Crippen LogP) is 3.48. The molecule has 1 atom stereocenters. The highest BCUT2D eigenvalue weighted by Crippen LogP contribution is 2.33. The van der Waals surface area contributed by atoms with Crippen molar-refractivity contribution in [3.63, 3.8) is 0 Å². The third-order valence-electron chi connectivity index (χ3n) is 4.49. The highest BCUT2D eigenvalue weighted by Gasteiger charge is 2.36. The molecule has 0 aliphatic carbocycles. The average molecular weight is 384 g/mol. The maximum atomic E-state index is 12.0. The number of hydrogen-bond donors (Lipinski definition) is 3. The lowest BCUT2D eigenvalue weighted by Gasteiger charge is -2.27. The number of nitrogens with zero attached hydrogens (tertiary/aromatic N) is 2. The van der Waals surface area contributed by atoms with E-state index in [0.29, 0.717) is 0 Å². The first-order chi connectivity index (χ1) is 13.2. The molecule has 10 heteroatoms. The molecule has 144 valence electrons. The van der Waals surface area contributed by atoms with E-state index in [9.17, 15) is 30.1 Å². The molecule has 0 aliphatic rings. The molecule has 28 heavy (non-hydrogen) atoms. The number of nitro groups is 2. The monoisotopic (exact) mass is 384 g/mol. The summed E-state index contributed by atoms with van der Waals surface area (Å²) in [5.41, 5.74) is -1.16. The number of benzene rings is 2. The molecule has 0 spiro atoms. The molecule has 0 saturated carbocycles. The van der Waals surface area contributed by atoms with Crippen LogP contribution in [0.3, 0.4) is 0 Å². The van der Waals surface area contributed by atoms with Gasteiger partial charge in [-0.15, -0.1) is 0 Å². The van der Waals surface area contributed by atoms with Crippen LogP contribution in [0.1, 0.15) is 12.5 Å². The maximum Gasteiger partial charge on any atom is 0.329 e. The Morgan fingerprint density at radius 3 is 2.54 bits per heavy atom. The number of aliphatic carboxylic acids is 1. The molecule has 0 amide bonds. The minimum atomic E-state index is -1.59. The number of H-pyrrole nitrogens is 1. The second-order valence-electron chi connectivity index (χ2n) is 6.51. The molecule has 1 aromatic heterocycles. The Kier molecular flexibility index (Phi) is 4.70. The number of carboxylic acids is 1. The molecule has 10 nitrogen and oxygen atoms in total. The van der Waals surface area contributed by atoms with E-state index in [0.717, 1.165) is 34.7 Å². The van der Waals surface area contributed by atoms with E-state index in [1.54, 1.807) is 6.20 Å². The molecule has 0 bridgehead atoms. The zero-order valence-electron chi connectivity index (χ0n) is 14.7. The summed E-state index contributed by atoms with van der Waals surface area (Å²) in [6.45, 7) is 1.41. The van der Waals surface area contributed by atoms with Gasteiger partial charge in [-0.05, 0) is 24.6 Å². The van der Waals surface area contributed by atoms with Crippen molar-refractivity contribution in [3.8, 4) is 0 Å². The van der Waals surface area contributed by atoms with E-state index in [2.05, 4.69) is 10.3 Å². The lowest BCUT2D eigenvalue weighted by molar-refractivity contribution is -0.393. The Hall–Kier alpha value is -3.95. The quantitative estimate of drug-likeness (QED) is 0.416. The number of non-ortho nitro benzene ring substituents is 1. The van der Waals surface area contributed by atoms with Crippen molar-refractivity contribution in [2.75, 3.05) is 5.32 Å². The number of aromatic amines is 1. The van der Waals surface area contributed by atoms with E-state index < -0.39 is 32.7 Å². The Morgan fingerprint density at radius 1 is 1.18 bits per heavy atom. The molecule has 0 radical (unpaired) electrons. The molecule has 1 heterocycles. The van der Waals surface area contributed by atoms with Crippen LogP contribution in [0.5, 0.6) is 0 Å². The van der Waals surface area contributed by atoms with Gasteiger partial charge in [0.2, 0.25) is 0 Å². The second-order valence-corrected chi connectivity index (χ2v) is 6.51. The number of nitrogens with one attached hydrogen (secondary N) is 2. The maximum absolute atomic E-state index is 12.0. The summed E-state index contributed by atoms with van der Waals surface area (Å²) in [5, 5.41) is 35.5. The third-order valence-corrected chi connectivity index (χ3v) is 4.49. The van der Waals surface area contributed by atoms with Gasteiger partial charge >= 0.3 is 5.97 Å². The minimum absolute atomic E-state index is 0.0283. The SMILES string of the molecule is C[C@@](Cc1c[nH]c2ccccc12)(Nc1ccc([N+](=O)[O-])cc1[N+](=O)[O-])C(=O)O. The molecular weight excluding hydrogens is 368 g/mol. The van der Waals surface area contributed by atoms with E-state index in [-0.39, 0.29) is 12.1 Å². The average Bonchev–Trinajstić information content (AvgIpc) is 3.04. The van der Waals surface area contributed by atoms with Crippen LogP contribution in [0.4, 0.5) is 17.1 Å². The van der Waals surface area contributed by atoms with Crippen LogP contribution in [0.2, 0.25) is 0 Å². The van der Waals surface area contributed by atoms with Crippen LogP contribution < -0.4 is 5.32 Å². The number of nitro benzene ring substituents is 2. The van der Waals surface area contributed by atoms with Gasteiger partial charge in [-0.25, -0.2) is 4.79 Å². The van der Waals surface area contributed by atoms with Gasteiger partial charge in [-0.1, -0.05) is 18.2 Å². The first-order valence-electron chi connectivity index (χ1n) is 8.21. The topological polar surface area (TPSA) is 151 Å². The van der Waals surface area contributed by atoms with Crippen molar-refractivity contribution in [1.29, 1.82) is 0 Å². The number of fused-ring (bicyclic) bond motifs is 1. The van der Waals surface area contributed by atoms with Crippen LogP contribution >= 0.6 is 0 Å². The number of carbonyl (C=O) groups is 1. The summed E-state index contributed by atoms with van der Waals surface area (Å²) in [6, 6.07) is 10.4. The fourth-order valence-electron chi connectivity index (χ4n) is 3.02. The molecule has 3 aromatic rings. The van der Waals surface area contributed by atoms with Crippen molar-refractivity contribution in [1.82, 2.24) is 4.98 Å². The molecule has 0 aliphatic heterocycles. The van der Waals surface area contributed by atoms with Crippen LogP contribution in [-0.4, -0.2) is 31.4 Å². The fourth-order valence-corrected chi connectivity index (χ4v) is 3.02. The number of aromatic nitrogens is 1. The van der Waals surface area contributed by atoms with Crippen molar-refractivity contribution in [2.45, 2.75) is 18.9 Å². The standard InChI is InChI=1S/C18H16N4O6/c1-18(17(23)24,9-11-10-19-14-5-3-2-4-13(11)14)20-15-7-6-12(21(25)26)8-16(15)22(27)28/h2-8,10,19-20H,9H2,1H3,(H,23,24)/t18-/m0/s1. The molecule has 3 N–H and O–H groups in total. The predicted molar refractivity (Wildman–Crippen MR) is 101 cm³/mol. The zero-order chi connectivity index (χ0) is 20.5. The van der Waals surface area contributed by atoms with Crippen LogP contribution in [0.25, 0.3) is 10.9 Å². The highest BCUT2D eigenvalue weighted by atomic mass is 16.6. The molecule has 0 fully saturated rings. The summed E-state index contributed by atoms with van der Waals surface area (Å²) >= 11 is 0. The smallest absolute Gasteiger partial charge is 0.329 e. The van der Waals surface area contributed by atoms with Gasteiger partial charge in [0, 0.05) is 29.6 Å². The molecule has 0 saturated heterocycles. The third kappa shape index (κ3) is 3.47. The van der Waals surface area contributed by atoms with Crippen LogP contribution in [-0.2, 0) is 11.2 Å². The van der Waals surface area contributed by atoms with Gasteiger partial charge in [0.05, 0.1) is 15.9 Å². The van der Waals surface area contributed by atoms with Crippen molar-refractivity contribution < 1.29 is 19.7 Å². The van der Waals surface area contributed by atoms with Gasteiger partial charge in [0.1, 0.15) is 11.2 Å². The minimum Gasteiger partial charge on any atom is -0.480 e. The zero-order valence-corrected chi connectivity index (χ0v) is 14.7. The largest absolute Gasteiger partial charge is 0.480 e. The van der Waals surface area contributed by atoms with E-state index in [4.69, 9.17) is 0 Å². The number of anilines is 1. The van der Waals surface area contributed by atoms with Crippen LogP contribution in [0, 0.1) is 20.2 Å². The first kappa shape index (κ1) is 18.8. The molecule has 0 unspecified atom stereocenters.